The van der Waals surface area contributed by atoms with Crippen LogP contribution in [0.2, 0.25) is 5.02 Å². The van der Waals surface area contributed by atoms with Crippen LogP contribution in [0.15, 0.2) is 36.5 Å². The molecule has 2 fully saturated rings. The van der Waals surface area contributed by atoms with E-state index in [2.05, 4.69) is 10.3 Å². The van der Waals surface area contributed by atoms with Gasteiger partial charge in [-0.2, -0.15) is 0 Å². The fourth-order valence-electron chi connectivity index (χ4n) is 4.25. The van der Waals surface area contributed by atoms with E-state index in [4.69, 9.17) is 11.6 Å². The van der Waals surface area contributed by atoms with Gasteiger partial charge in [-0.1, -0.05) is 24.6 Å². The number of hydrogen-bond acceptors (Lipinski definition) is 3. The number of hydrogen-bond donors (Lipinski definition) is 1. The van der Waals surface area contributed by atoms with Crippen molar-refractivity contribution in [2.45, 2.75) is 45.1 Å². The van der Waals surface area contributed by atoms with Crippen molar-refractivity contribution in [3.63, 3.8) is 0 Å². The molecule has 2 aromatic rings. The van der Waals surface area contributed by atoms with Gasteiger partial charge in [0.25, 0.3) is 5.91 Å². The van der Waals surface area contributed by atoms with Crippen molar-refractivity contribution >= 4 is 23.3 Å². The first-order valence-electron chi connectivity index (χ1n) is 9.94. The molecule has 1 N–H and O–H groups in total. The highest BCUT2D eigenvalue weighted by atomic mass is 35.5. The van der Waals surface area contributed by atoms with Crippen LogP contribution in [0.1, 0.15) is 48.5 Å². The fraction of sp³-hybridized carbons (Fsp3) is 0.455. The molecule has 1 aromatic heterocycles. The number of carbonyl (C=O) groups is 1. The number of pyridine rings is 1. The van der Waals surface area contributed by atoms with E-state index in [0.29, 0.717) is 29.0 Å². The Kier molecular flexibility index (Phi) is 5.28. The fourth-order valence-corrected chi connectivity index (χ4v) is 4.36. The van der Waals surface area contributed by atoms with E-state index in [0.717, 1.165) is 30.8 Å². The zero-order valence-electron chi connectivity index (χ0n) is 16.0. The number of aryl methyl sites for hydroxylation is 1. The van der Waals surface area contributed by atoms with Crippen LogP contribution in [-0.4, -0.2) is 34.9 Å². The summed E-state index contributed by atoms with van der Waals surface area (Å²) in [5.74, 6) is 0.311. The Bertz CT molecular complexity index is 867. The molecule has 1 aliphatic carbocycles. The summed E-state index contributed by atoms with van der Waals surface area (Å²) < 4.78 is 13.8. The topological polar surface area (TPSA) is 45.2 Å². The highest BCUT2D eigenvalue weighted by molar-refractivity contribution is 6.30. The quantitative estimate of drug-likeness (QED) is 0.772. The molecular weight excluding hydrogens is 377 g/mol. The van der Waals surface area contributed by atoms with Gasteiger partial charge in [0.1, 0.15) is 11.6 Å². The molecular formula is C22H25ClFN3O. The maximum atomic E-state index is 13.8. The van der Waals surface area contributed by atoms with Crippen LogP contribution >= 0.6 is 11.6 Å². The normalized spacial score (nSPS) is 20.2. The SMILES string of the molecule is CCc1ccc(F)cc1C(=O)N1CCC2(CC2)CC1CNc1ccc(Cl)cn1. The van der Waals surface area contributed by atoms with Crippen LogP contribution in [0, 0.1) is 11.2 Å². The summed E-state index contributed by atoms with van der Waals surface area (Å²) in [4.78, 5) is 19.5. The number of piperidine rings is 1. The van der Waals surface area contributed by atoms with Crippen molar-refractivity contribution in [3.05, 3.63) is 58.5 Å². The average molecular weight is 402 g/mol. The maximum absolute atomic E-state index is 13.8. The summed E-state index contributed by atoms with van der Waals surface area (Å²) in [5, 5.41) is 3.94. The van der Waals surface area contributed by atoms with Crippen molar-refractivity contribution in [1.82, 2.24) is 9.88 Å². The molecule has 0 radical (unpaired) electrons. The van der Waals surface area contributed by atoms with E-state index >= 15 is 0 Å². The second kappa shape index (κ2) is 7.70. The van der Waals surface area contributed by atoms with E-state index in [1.165, 1.54) is 25.0 Å². The Morgan fingerprint density at radius 2 is 2.14 bits per heavy atom. The summed E-state index contributed by atoms with van der Waals surface area (Å²) in [6.07, 6.45) is 6.81. The van der Waals surface area contributed by atoms with E-state index in [-0.39, 0.29) is 17.8 Å². The Morgan fingerprint density at radius 1 is 1.32 bits per heavy atom. The summed E-state index contributed by atoms with van der Waals surface area (Å²) >= 11 is 5.91. The van der Waals surface area contributed by atoms with Crippen LogP contribution in [-0.2, 0) is 6.42 Å². The zero-order chi connectivity index (χ0) is 19.7. The first kappa shape index (κ1) is 19.2. The predicted octanol–water partition coefficient (Wildman–Crippen LogP) is 4.93. The number of rotatable bonds is 5. The van der Waals surface area contributed by atoms with Gasteiger partial charge in [-0.05, 0) is 67.3 Å². The minimum Gasteiger partial charge on any atom is -0.368 e. The number of carbonyl (C=O) groups excluding carboxylic acids is 1. The lowest BCUT2D eigenvalue weighted by atomic mass is 9.87. The molecule has 1 amide bonds. The van der Waals surface area contributed by atoms with Gasteiger partial charge in [0, 0.05) is 30.9 Å². The predicted molar refractivity (Wildman–Crippen MR) is 109 cm³/mol. The molecule has 1 atom stereocenters. The third-order valence-corrected chi connectivity index (χ3v) is 6.36. The second-order valence-corrected chi connectivity index (χ2v) is 8.44. The van der Waals surface area contributed by atoms with Crippen molar-refractivity contribution in [2.75, 3.05) is 18.4 Å². The van der Waals surface area contributed by atoms with Gasteiger partial charge in [-0.3, -0.25) is 4.79 Å². The van der Waals surface area contributed by atoms with Gasteiger partial charge in [0.05, 0.1) is 5.02 Å². The number of nitrogens with one attached hydrogen (secondary N) is 1. The van der Waals surface area contributed by atoms with Crippen LogP contribution in [0.4, 0.5) is 10.2 Å². The highest BCUT2D eigenvalue weighted by Crippen LogP contribution is 2.55. The Labute approximate surface area is 170 Å². The van der Waals surface area contributed by atoms with Crippen LogP contribution in [0.5, 0.6) is 0 Å². The van der Waals surface area contributed by atoms with Crippen molar-refractivity contribution in [1.29, 1.82) is 0 Å². The Hall–Kier alpha value is -2.14. The summed E-state index contributed by atoms with van der Waals surface area (Å²) in [5.41, 5.74) is 1.78. The van der Waals surface area contributed by atoms with Gasteiger partial charge in [-0.25, -0.2) is 9.37 Å². The number of halogens is 2. The van der Waals surface area contributed by atoms with Gasteiger partial charge in [0.2, 0.25) is 0 Å². The summed E-state index contributed by atoms with van der Waals surface area (Å²) in [7, 11) is 0. The molecule has 2 heterocycles. The third kappa shape index (κ3) is 4.00. The first-order valence-corrected chi connectivity index (χ1v) is 10.3. The lowest BCUT2D eigenvalue weighted by Gasteiger charge is -2.40. The molecule has 1 unspecified atom stereocenters. The number of benzene rings is 1. The molecule has 0 bridgehead atoms. The number of nitrogens with zero attached hydrogens (tertiary/aromatic N) is 2. The largest absolute Gasteiger partial charge is 0.368 e. The van der Waals surface area contributed by atoms with Crippen molar-refractivity contribution in [3.8, 4) is 0 Å². The molecule has 148 valence electrons. The minimum atomic E-state index is -0.365. The molecule has 1 saturated carbocycles. The first-order chi connectivity index (χ1) is 13.5. The molecule has 1 aromatic carbocycles. The molecule has 4 nitrogen and oxygen atoms in total. The molecule has 28 heavy (non-hydrogen) atoms. The molecule has 4 rings (SSSR count). The van der Waals surface area contributed by atoms with E-state index in [1.54, 1.807) is 18.3 Å². The van der Waals surface area contributed by atoms with E-state index < -0.39 is 0 Å². The number of aromatic nitrogens is 1. The van der Waals surface area contributed by atoms with Crippen LogP contribution in [0.3, 0.4) is 0 Å². The van der Waals surface area contributed by atoms with Crippen LogP contribution < -0.4 is 5.32 Å². The summed E-state index contributed by atoms with van der Waals surface area (Å²) in [6, 6.07) is 8.23. The standard InChI is InChI=1S/C22H25ClFN3O/c1-2-15-3-5-17(24)11-19(15)21(28)27-10-9-22(7-8-22)12-18(27)14-26-20-6-4-16(23)13-25-20/h3-6,11,13,18H,2,7-10,12,14H2,1H3,(H,25,26). The monoisotopic (exact) mass is 401 g/mol. The second-order valence-electron chi connectivity index (χ2n) is 8.00. The van der Waals surface area contributed by atoms with E-state index in [1.807, 2.05) is 17.9 Å². The van der Waals surface area contributed by atoms with Crippen molar-refractivity contribution in [2.24, 2.45) is 5.41 Å². The minimum absolute atomic E-state index is 0.0641. The van der Waals surface area contributed by atoms with Gasteiger partial charge >= 0.3 is 0 Å². The third-order valence-electron chi connectivity index (χ3n) is 6.14. The molecule has 1 aliphatic heterocycles. The maximum Gasteiger partial charge on any atom is 0.254 e. The number of amides is 1. The lowest BCUT2D eigenvalue weighted by Crippen LogP contribution is -2.50. The lowest BCUT2D eigenvalue weighted by molar-refractivity contribution is 0.0544. The average Bonchev–Trinajstić information content (AvgIpc) is 3.45. The molecule has 2 aliphatic rings. The smallest absolute Gasteiger partial charge is 0.254 e. The van der Waals surface area contributed by atoms with Gasteiger partial charge in [-0.15, -0.1) is 0 Å². The van der Waals surface area contributed by atoms with E-state index in [9.17, 15) is 9.18 Å². The Balaban J connectivity index is 1.54. The number of likely N-dealkylation sites (tertiary alicyclic amines) is 1. The molecule has 1 saturated heterocycles. The molecule has 6 heteroatoms. The summed E-state index contributed by atoms with van der Waals surface area (Å²) in [6.45, 7) is 3.34. The number of anilines is 1. The zero-order valence-corrected chi connectivity index (χ0v) is 16.8. The van der Waals surface area contributed by atoms with Crippen molar-refractivity contribution < 1.29 is 9.18 Å². The van der Waals surface area contributed by atoms with Crippen LogP contribution in [0.25, 0.3) is 0 Å². The Morgan fingerprint density at radius 3 is 2.82 bits per heavy atom. The molecule has 1 spiro atoms. The van der Waals surface area contributed by atoms with Gasteiger partial charge in [0.15, 0.2) is 0 Å². The van der Waals surface area contributed by atoms with Gasteiger partial charge < -0.3 is 10.2 Å². The highest BCUT2D eigenvalue weighted by Gasteiger charge is 2.49.